The number of methoxy groups -OCH3 is 1. The van der Waals surface area contributed by atoms with Gasteiger partial charge in [0.25, 0.3) is 5.91 Å². The summed E-state index contributed by atoms with van der Waals surface area (Å²) in [6.45, 7) is 6.19. The van der Waals surface area contributed by atoms with E-state index < -0.39 is 16.9 Å². The SMILES string of the molecule is COc1cc2c3c(c1)C(C)CC(C)(C)N3C(=O)C2=CC(=O)c1cc2ccccc2oc1=O. The number of para-hydroxylation sites is 1. The molecule has 1 amide bonds. The molecule has 0 saturated carbocycles. The summed E-state index contributed by atoms with van der Waals surface area (Å²) in [5, 5.41) is 0.644. The average Bonchev–Trinajstić information content (AvgIpc) is 3.03. The van der Waals surface area contributed by atoms with Crippen molar-refractivity contribution in [3.8, 4) is 5.75 Å². The molecule has 0 bridgehead atoms. The van der Waals surface area contributed by atoms with Crippen molar-refractivity contribution in [3.63, 3.8) is 0 Å². The molecule has 6 heteroatoms. The zero-order chi connectivity index (χ0) is 22.8. The fourth-order valence-electron chi connectivity index (χ4n) is 5.03. The van der Waals surface area contributed by atoms with Gasteiger partial charge in [-0.1, -0.05) is 25.1 Å². The van der Waals surface area contributed by atoms with E-state index in [0.717, 1.165) is 17.7 Å². The van der Waals surface area contributed by atoms with Crippen LogP contribution in [0.3, 0.4) is 0 Å². The summed E-state index contributed by atoms with van der Waals surface area (Å²) in [7, 11) is 1.58. The molecule has 1 atom stereocenters. The molecule has 0 N–H and O–H groups in total. The highest BCUT2D eigenvalue weighted by Crippen LogP contribution is 2.53. The first-order valence-electron chi connectivity index (χ1n) is 10.6. The summed E-state index contributed by atoms with van der Waals surface area (Å²) in [5.74, 6) is 0.0454. The third-order valence-electron chi connectivity index (χ3n) is 6.42. The van der Waals surface area contributed by atoms with Crippen LogP contribution in [0.2, 0.25) is 0 Å². The molecule has 5 rings (SSSR count). The number of benzene rings is 2. The van der Waals surface area contributed by atoms with Gasteiger partial charge in [0.05, 0.1) is 18.4 Å². The lowest BCUT2D eigenvalue weighted by molar-refractivity contribution is -0.114. The number of hydrogen-bond donors (Lipinski definition) is 0. The lowest BCUT2D eigenvalue weighted by atomic mass is 9.80. The van der Waals surface area contributed by atoms with Crippen LogP contribution in [0.25, 0.3) is 16.5 Å². The minimum Gasteiger partial charge on any atom is -0.497 e. The third kappa shape index (κ3) is 2.90. The van der Waals surface area contributed by atoms with Crippen LogP contribution in [0.4, 0.5) is 5.69 Å². The molecule has 2 aliphatic heterocycles. The summed E-state index contributed by atoms with van der Waals surface area (Å²) in [6.07, 6.45) is 2.05. The molecule has 32 heavy (non-hydrogen) atoms. The number of fused-ring (bicyclic) bond motifs is 1. The summed E-state index contributed by atoms with van der Waals surface area (Å²) >= 11 is 0. The molecule has 3 aromatic rings. The van der Waals surface area contributed by atoms with Gasteiger partial charge in [0.2, 0.25) is 0 Å². The fraction of sp³-hybridized carbons (Fsp3) is 0.269. The van der Waals surface area contributed by atoms with Crippen molar-refractivity contribution in [2.24, 2.45) is 0 Å². The highest BCUT2D eigenvalue weighted by molar-refractivity contribution is 6.36. The van der Waals surface area contributed by atoms with Crippen molar-refractivity contribution >= 4 is 33.9 Å². The van der Waals surface area contributed by atoms with E-state index in [-0.39, 0.29) is 23.0 Å². The molecule has 6 nitrogen and oxygen atoms in total. The number of hydrogen-bond acceptors (Lipinski definition) is 5. The Bertz CT molecular complexity index is 1400. The summed E-state index contributed by atoms with van der Waals surface area (Å²) in [6, 6.07) is 12.3. The Balaban J connectivity index is 1.69. The van der Waals surface area contributed by atoms with E-state index in [4.69, 9.17) is 9.15 Å². The minimum atomic E-state index is -0.724. The van der Waals surface area contributed by atoms with Crippen molar-refractivity contribution in [3.05, 3.63) is 75.7 Å². The number of anilines is 1. The molecule has 0 radical (unpaired) electrons. The first-order valence-corrected chi connectivity index (χ1v) is 10.6. The van der Waals surface area contributed by atoms with Crippen LogP contribution < -0.4 is 15.3 Å². The third-order valence-corrected chi connectivity index (χ3v) is 6.42. The standard InChI is InChI=1S/C26H23NO5/c1-14-13-26(2,3)27-23-17(14)10-16(31-4)11-18(23)19(24(27)29)12-21(28)20-9-15-7-5-6-8-22(15)32-25(20)30/h5-12,14H,13H2,1-4H3. The van der Waals surface area contributed by atoms with Crippen LogP contribution >= 0.6 is 0 Å². The molecule has 0 saturated heterocycles. The van der Waals surface area contributed by atoms with E-state index in [2.05, 4.69) is 6.92 Å². The Hall–Kier alpha value is -3.67. The van der Waals surface area contributed by atoms with Gasteiger partial charge in [0.15, 0.2) is 5.78 Å². The number of ketones is 1. The Morgan fingerprint density at radius 2 is 1.94 bits per heavy atom. The maximum atomic E-state index is 13.5. The molecule has 162 valence electrons. The monoisotopic (exact) mass is 429 g/mol. The highest BCUT2D eigenvalue weighted by Gasteiger charge is 2.47. The van der Waals surface area contributed by atoms with Gasteiger partial charge in [-0.3, -0.25) is 9.59 Å². The fourth-order valence-corrected chi connectivity index (χ4v) is 5.03. The van der Waals surface area contributed by atoms with Crippen molar-refractivity contribution in [1.82, 2.24) is 0 Å². The topological polar surface area (TPSA) is 76.8 Å². The number of allylic oxidation sites excluding steroid dienone is 1. The number of carbonyl (C=O) groups excluding carboxylic acids is 2. The van der Waals surface area contributed by atoms with Gasteiger partial charge in [0.1, 0.15) is 16.9 Å². The molecule has 2 aromatic carbocycles. The van der Waals surface area contributed by atoms with Gasteiger partial charge in [-0.2, -0.15) is 0 Å². The maximum Gasteiger partial charge on any atom is 0.347 e. The largest absolute Gasteiger partial charge is 0.497 e. The Morgan fingerprint density at radius 1 is 1.19 bits per heavy atom. The van der Waals surface area contributed by atoms with E-state index in [0.29, 0.717) is 22.3 Å². The lowest BCUT2D eigenvalue weighted by Crippen LogP contribution is -2.49. The van der Waals surface area contributed by atoms with Crippen LogP contribution in [-0.2, 0) is 4.79 Å². The molecular formula is C26H23NO5. The van der Waals surface area contributed by atoms with Crippen LogP contribution in [0, 0.1) is 0 Å². The summed E-state index contributed by atoms with van der Waals surface area (Å²) < 4.78 is 10.8. The smallest absolute Gasteiger partial charge is 0.347 e. The second kappa shape index (κ2) is 6.92. The number of nitrogens with zero attached hydrogens (tertiary/aromatic N) is 1. The van der Waals surface area contributed by atoms with Crippen LogP contribution in [0.15, 0.2) is 57.8 Å². The van der Waals surface area contributed by atoms with Gasteiger partial charge in [0, 0.05) is 16.5 Å². The predicted molar refractivity (Wildman–Crippen MR) is 122 cm³/mol. The molecule has 0 spiro atoms. The number of rotatable bonds is 3. The number of amides is 1. The first kappa shape index (κ1) is 20.2. The quantitative estimate of drug-likeness (QED) is 0.343. The molecule has 1 unspecified atom stereocenters. The summed E-state index contributed by atoms with van der Waals surface area (Å²) in [4.78, 5) is 40.9. The van der Waals surface area contributed by atoms with E-state index in [1.165, 1.54) is 12.1 Å². The van der Waals surface area contributed by atoms with Crippen molar-refractivity contribution in [1.29, 1.82) is 0 Å². The molecular weight excluding hydrogens is 406 g/mol. The van der Waals surface area contributed by atoms with Crippen LogP contribution in [0.1, 0.15) is 54.6 Å². The zero-order valence-corrected chi connectivity index (χ0v) is 18.4. The summed E-state index contributed by atoms with van der Waals surface area (Å²) in [5.41, 5.74) is 1.94. The van der Waals surface area contributed by atoms with Gasteiger partial charge in [-0.05, 0) is 62.1 Å². The molecule has 3 heterocycles. The van der Waals surface area contributed by atoms with Crippen LogP contribution in [-0.4, -0.2) is 24.3 Å². The van der Waals surface area contributed by atoms with Crippen molar-refractivity contribution < 1.29 is 18.7 Å². The minimum absolute atomic E-state index is 0.102. The second-order valence-electron chi connectivity index (χ2n) is 9.08. The Morgan fingerprint density at radius 3 is 2.69 bits per heavy atom. The lowest BCUT2D eigenvalue weighted by Gasteiger charge is -2.43. The second-order valence-corrected chi connectivity index (χ2v) is 9.08. The normalized spacial score (nSPS) is 20.0. The average molecular weight is 429 g/mol. The number of ether oxygens (including phenoxy) is 1. The Labute approximate surface area is 185 Å². The van der Waals surface area contributed by atoms with E-state index in [1.807, 2.05) is 19.9 Å². The van der Waals surface area contributed by atoms with Crippen LogP contribution in [0.5, 0.6) is 5.75 Å². The zero-order valence-electron chi connectivity index (χ0n) is 18.4. The first-order chi connectivity index (χ1) is 15.2. The van der Waals surface area contributed by atoms with E-state index in [9.17, 15) is 14.4 Å². The van der Waals surface area contributed by atoms with Gasteiger partial charge >= 0.3 is 5.63 Å². The van der Waals surface area contributed by atoms with Crippen molar-refractivity contribution in [2.75, 3.05) is 12.0 Å². The number of carbonyl (C=O) groups is 2. The molecule has 0 fully saturated rings. The predicted octanol–water partition coefficient (Wildman–Crippen LogP) is 4.70. The van der Waals surface area contributed by atoms with Gasteiger partial charge < -0.3 is 14.1 Å². The van der Waals surface area contributed by atoms with Gasteiger partial charge in [-0.25, -0.2) is 4.79 Å². The highest BCUT2D eigenvalue weighted by atomic mass is 16.5. The maximum absolute atomic E-state index is 13.5. The van der Waals surface area contributed by atoms with Gasteiger partial charge in [-0.15, -0.1) is 0 Å². The Kier molecular flexibility index (Phi) is 4.38. The molecule has 1 aromatic heterocycles. The van der Waals surface area contributed by atoms with E-state index >= 15 is 0 Å². The molecule has 0 aliphatic carbocycles. The molecule has 2 aliphatic rings. The van der Waals surface area contributed by atoms with E-state index in [1.54, 1.807) is 42.3 Å². The van der Waals surface area contributed by atoms with Crippen molar-refractivity contribution in [2.45, 2.75) is 38.6 Å².